The van der Waals surface area contributed by atoms with Gasteiger partial charge in [0, 0.05) is 32.6 Å². The second-order valence-electron chi connectivity index (χ2n) is 6.00. The summed E-state index contributed by atoms with van der Waals surface area (Å²) in [4.78, 5) is 29.2. The van der Waals surface area contributed by atoms with Gasteiger partial charge >= 0.3 is 5.97 Å². The van der Waals surface area contributed by atoms with Crippen LogP contribution < -0.4 is 0 Å². The molecule has 6 heteroatoms. The molecule has 114 valence electrons. The fraction of sp³-hybridized carbons (Fsp3) is 0.857. The molecule has 6 nitrogen and oxygen atoms in total. The standard InChI is InChI=1S/C14H25N3O3/c1-15-6-8-17(9-7-15)13(18)11-16-4-2-12(3-5-16)10-14(19)20/h12H,2-11H2,1H3,(H,19,20). The molecular weight excluding hydrogens is 258 g/mol. The van der Waals surface area contributed by atoms with Crippen LogP contribution in [0.5, 0.6) is 0 Å². The minimum Gasteiger partial charge on any atom is -0.481 e. The summed E-state index contributed by atoms with van der Waals surface area (Å²) in [6, 6.07) is 0. The van der Waals surface area contributed by atoms with E-state index in [0.29, 0.717) is 6.54 Å². The fourth-order valence-electron chi connectivity index (χ4n) is 2.94. The molecular formula is C14H25N3O3. The van der Waals surface area contributed by atoms with Gasteiger partial charge in [0.1, 0.15) is 0 Å². The molecule has 2 rings (SSSR count). The fourth-order valence-corrected chi connectivity index (χ4v) is 2.94. The maximum absolute atomic E-state index is 12.2. The molecule has 0 atom stereocenters. The summed E-state index contributed by atoms with van der Waals surface area (Å²) in [7, 11) is 2.08. The Labute approximate surface area is 120 Å². The number of piperazine rings is 1. The summed E-state index contributed by atoms with van der Waals surface area (Å²) in [6.45, 7) is 5.73. The first-order valence-electron chi connectivity index (χ1n) is 7.45. The van der Waals surface area contributed by atoms with Gasteiger partial charge in [0.25, 0.3) is 0 Å². The van der Waals surface area contributed by atoms with E-state index in [9.17, 15) is 9.59 Å². The highest BCUT2D eigenvalue weighted by atomic mass is 16.4. The van der Waals surface area contributed by atoms with Crippen molar-refractivity contribution in [1.82, 2.24) is 14.7 Å². The topological polar surface area (TPSA) is 64.1 Å². The van der Waals surface area contributed by atoms with Gasteiger partial charge in [-0.2, -0.15) is 0 Å². The van der Waals surface area contributed by atoms with E-state index in [0.717, 1.165) is 52.1 Å². The Hall–Kier alpha value is -1.14. The smallest absolute Gasteiger partial charge is 0.303 e. The number of carbonyl (C=O) groups is 2. The number of carboxylic acids is 1. The zero-order valence-corrected chi connectivity index (χ0v) is 12.3. The van der Waals surface area contributed by atoms with Crippen LogP contribution in [-0.4, -0.2) is 84.5 Å². The molecule has 2 heterocycles. The lowest BCUT2D eigenvalue weighted by Gasteiger charge is -2.35. The van der Waals surface area contributed by atoms with Crippen LogP contribution in [0.15, 0.2) is 0 Å². The van der Waals surface area contributed by atoms with Crippen molar-refractivity contribution in [3.63, 3.8) is 0 Å². The third kappa shape index (κ3) is 4.45. The summed E-state index contributed by atoms with van der Waals surface area (Å²) < 4.78 is 0. The van der Waals surface area contributed by atoms with Crippen LogP contribution in [0, 0.1) is 5.92 Å². The number of likely N-dealkylation sites (N-methyl/N-ethyl adjacent to an activating group) is 1. The molecule has 0 saturated carbocycles. The molecule has 2 saturated heterocycles. The second-order valence-corrected chi connectivity index (χ2v) is 6.00. The second kappa shape index (κ2) is 7.04. The predicted octanol–water partition coefficient (Wildman–Crippen LogP) is -0.0529. The molecule has 2 aliphatic rings. The number of piperidine rings is 1. The van der Waals surface area contributed by atoms with Crippen LogP contribution >= 0.6 is 0 Å². The van der Waals surface area contributed by atoms with Gasteiger partial charge in [-0.1, -0.05) is 0 Å². The highest BCUT2D eigenvalue weighted by molar-refractivity contribution is 5.78. The first-order chi connectivity index (χ1) is 9.54. The van der Waals surface area contributed by atoms with Gasteiger partial charge in [0.15, 0.2) is 0 Å². The maximum atomic E-state index is 12.2. The normalized spacial score (nSPS) is 22.9. The van der Waals surface area contributed by atoms with E-state index in [1.165, 1.54) is 0 Å². The summed E-state index contributed by atoms with van der Waals surface area (Å²) >= 11 is 0. The average molecular weight is 283 g/mol. The molecule has 0 aromatic heterocycles. The third-order valence-electron chi connectivity index (χ3n) is 4.39. The van der Waals surface area contributed by atoms with Gasteiger partial charge in [-0.25, -0.2) is 0 Å². The SMILES string of the molecule is CN1CCN(C(=O)CN2CCC(CC(=O)O)CC2)CC1. The number of carbonyl (C=O) groups excluding carboxylic acids is 1. The number of hydrogen-bond donors (Lipinski definition) is 1. The molecule has 1 N–H and O–H groups in total. The summed E-state index contributed by atoms with van der Waals surface area (Å²) in [5.41, 5.74) is 0. The lowest BCUT2D eigenvalue weighted by molar-refractivity contribution is -0.139. The highest BCUT2D eigenvalue weighted by Gasteiger charge is 2.25. The van der Waals surface area contributed by atoms with Gasteiger partial charge in [0.2, 0.25) is 5.91 Å². The Morgan fingerprint density at radius 1 is 1.05 bits per heavy atom. The van der Waals surface area contributed by atoms with E-state index in [1.807, 2.05) is 4.90 Å². The van der Waals surface area contributed by atoms with E-state index in [2.05, 4.69) is 16.8 Å². The zero-order chi connectivity index (χ0) is 14.5. The van der Waals surface area contributed by atoms with E-state index < -0.39 is 5.97 Å². The average Bonchev–Trinajstić information content (AvgIpc) is 2.41. The number of likely N-dealkylation sites (tertiary alicyclic amines) is 1. The Bertz CT molecular complexity index is 346. The van der Waals surface area contributed by atoms with Crippen molar-refractivity contribution < 1.29 is 14.7 Å². The largest absolute Gasteiger partial charge is 0.481 e. The molecule has 0 aliphatic carbocycles. The van der Waals surface area contributed by atoms with Crippen molar-refractivity contribution in [3.8, 4) is 0 Å². The number of amides is 1. The molecule has 0 spiro atoms. The van der Waals surface area contributed by atoms with Gasteiger partial charge in [-0.3, -0.25) is 14.5 Å². The number of hydrogen-bond acceptors (Lipinski definition) is 4. The van der Waals surface area contributed by atoms with E-state index in [1.54, 1.807) is 0 Å². The molecule has 2 fully saturated rings. The van der Waals surface area contributed by atoms with Crippen LogP contribution in [0.4, 0.5) is 0 Å². The highest BCUT2D eigenvalue weighted by Crippen LogP contribution is 2.20. The first-order valence-corrected chi connectivity index (χ1v) is 7.45. The van der Waals surface area contributed by atoms with Gasteiger partial charge in [-0.15, -0.1) is 0 Å². The van der Waals surface area contributed by atoms with Crippen LogP contribution in [0.1, 0.15) is 19.3 Å². The lowest BCUT2D eigenvalue weighted by atomic mass is 9.93. The van der Waals surface area contributed by atoms with Crippen LogP contribution in [-0.2, 0) is 9.59 Å². The number of carboxylic acid groups (broad SMARTS) is 1. The maximum Gasteiger partial charge on any atom is 0.303 e. The predicted molar refractivity (Wildman–Crippen MR) is 75.5 cm³/mol. The molecule has 0 bridgehead atoms. The summed E-state index contributed by atoms with van der Waals surface area (Å²) in [5, 5.41) is 8.79. The van der Waals surface area contributed by atoms with E-state index >= 15 is 0 Å². The molecule has 20 heavy (non-hydrogen) atoms. The third-order valence-corrected chi connectivity index (χ3v) is 4.39. The first kappa shape index (κ1) is 15.3. The molecule has 0 aromatic carbocycles. The molecule has 2 aliphatic heterocycles. The minimum absolute atomic E-state index is 0.217. The van der Waals surface area contributed by atoms with Crippen molar-refractivity contribution in [1.29, 1.82) is 0 Å². The molecule has 0 aromatic rings. The Morgan fingerprint density at radius 2 is 1.65 bits per heavy atom. The molecule has 1 amide bonds. The molecule has 0 unspecified atom stereocenters. The van der Waals surface area contributed by atoms with Gasteiger partial charge in [0.05, 0.1) is 6.54 Å². The van der Waals surface area contributed by atoms with Crippen LogP contribution in [0.3, 0.4) is 0 Å². The minimum atomic E-state index is -0.711. The monoisotopic (exact) mass is 283 g/mol. The summed E-state index contributed by atoms with van der Waals surface area (Å²) in [5.74, 6) is -0.214. The zero-order valence-electron chi connectivity index (χ0n) is 12.3. The van der Waals surface area contributed by atoms with Crippen molar-refractivity contribution in [3.05, 3.63) is 0 Å². The van der Waals surface area contributed by atoms with Gasteiger partial charge < -0.3 is 14.9 Å². The number of nitrogens with zero attached hydrogens (tertiary/aromatic N) is 3. The lowest BCUT2D eigenvalue weighted by Crippen LogP contribution is -2.50. The van der Waals surface area contributed by atoms with Crippen molar-refractivity contribution in [2.45, 2.75) is 19.3 Å². The van der Waals surface area contributed by atoms with Crippen molar-refractivity contribution in [2.75, 3.05) is 52.9 Å². The Morgan fingerprint density at radius 3 is 2.20 bits per heavy atom. The number of rotatable bonds is 4. The van der Waals surface area contributed by atoms with Crippen LogP contribution in [0.25, 0.3) is 0 Å². The van der Waals surface area contributed by atoms with Gasteiger partial charge in [-0.05, 0) is 38.9 Å². The van der Waals surface area contributed by atoms with Crippen LogP contribution in [0.2, 0.25) is 0 Å². The summed E-state index contributed by atoms with van der Waals surface area (Å²) in [6.07, 6.45) is 2.05. The quantitative estimate of drug-likeness (QED) is 0.783. The van der Waals surface area contributed by atoms with E-state index in [-0.39, 0.29) is 18.2 Å². The molecule has 0 radical (unpaired) electrons. The Kier molecular flexibility index (Phi) is 5.37. The van der Waals surface area contributed by atoms with Crippen molar-refractivity contribution >= 4 is 11.9 Å². The number of aliphatic carboxylic acids is 1. The van der Waals surface area contributed by atoms with E-state index in [4.69, 9.17) is 5.11 Å². The van der Waals surface area contributed by atoms with Crippen molar-refractivity contribution in [2.24, 2.45) is 5.92 Å². The Balaban J connectivity index is 1.69.